The van der Waals surface area contributed by atoms with Crippen LogP contribution in [0.4, 0.5) is 5.69 Å². The number of hydrogen-bond donors (Lipinski definition) is 1. The number of benzene rings is 1. The molecule has 1 saturated heterocycles. The van der Waals surface area contributed by atoms with Crippen LogP contribution in [0.5, 0.6) is 0 Å². The summed E-state index contributed by atoms with van der Waals surface area (Å²) < 4.78 is 13.2. The van der Waals surface area contributed by atoms with Gasteiger partial charge in [0, 0.05) is 25.2 Å². The number of esters is 1. The molecule has 0 amide bonds. The lowest BCUT2D eigenvalue weighted by Crippen LogP contribution is -2.31. The number of carbonyl (C=O) groups excluding carboxylic acids is 1. The zero-order valence-corrected chi connectivity index (χ0v) is 17.6. The third-order valence-corrected chi connectivity index (χ3v) is 5.83. The molecule has 1 N–H and O–H groups in total. The van der Waals surface area contributed by atoms with Crippen molar-refractivity contribution >= 4 is 28.6 Å². The molecule has 0 saturated carbocycles. The second-order valence-electron chi connectivity index (χ2n) is 7.91. The number of aryl methyl sites for hydroxylation is 1. The van der Waals surface area contributed by atoms with E-state index in [1.165, 1.54) is 0 Å². The van der Waals surface area contributed by atoms with Crippen LogP contribution in [0.1, 0.15) is 43.9 Å². The number of cyclic esters (lactones) is 1. The molecule has 5 rings (SSSR count). The first-order valence-corrected chi connectivity index (χ1v) is 10.7. The Morgan fingerprint density at radius 2 is 2.06 bits per heavy atom. The number of hydrogen-bond acceptors (Lipinski definition) is 7. The fourth-order valence-electron chi connectivity index (χ4n) is 4.21. The number of anilines is 1. The molecule has 4 heterocycles. The van der Waals surface area contributed by atoms with Crippen LogP contribution in [0.2, 0.25) is 0 Å². The summed E-state index contributed by atoms with van der Waals surface area (Å²) >= 11 is 0. The summed E-state index contributed by atoms with van der Waals surface area (Å²) in [6.45, 7) is 5.19. The zero-order valence-electron chi connectivity index (χ0n) is 17.6. The molecule has 3 atom stereocenters. The molecular weight excluding hydrogens is 394 g/mol. The molecule has 0 aliphatic carbocycles. The van der Waals surface area contributed by atoms with Crippen molar-refractivity contribution in [1.82, 2.24) is 14.8 Å². The number of ether oxygens (including phenoxy) is 2. The Morgan fingerprint density at radius 3 is 2.84 bits per heavy atom. The SMILES string of the molecule is CCn1ncc2c(NC3CCOC(=O)C3)c(C3=N[C@@H](c4ccccc4)[C@@H](C)O3)cnc21. The molecule has 2 aliphatic heterocycles. The summed E-state index contributed by atoms with van der Waals surface area (Å²) in [5.74, 6) is 0.368. The lowest BCUT2D eigenvalue weighted by Gasteiger charge is -2.25. The van der Waals surface area contributed by atoms with E-state index < -0.39 is 0 Å². The van der Waals surface area contributed by atoms with Crippen LogP contribution >= 0.6 is 0 Å². The normalized spacial score (nSPS) is 23.4. The highest BCUT2D eigenvalue weighted by molar-refractivity contribution is 6.07. The summed E-state index contributed by atoms with van der Waals surface area (Å²) in [6, 6.07) is 10.0. The molecular formula is C23H25N5O3. The van der Waals surface area contributed by atoms with Crippen molar-refractivity contribution in [1.29, 1.82) is 0 Å². The van der Waals surface area contributed by atoms with Crippen molar-refractivity contribution in [3.63, 3.8) is 0 Å². The molecule has 0 spiro atoms. The Bertz CT molecular complexity index is 1140. The van der Waals surface area contributed by atoms with Crippen molar-refractivity contribution in [3.05, 3.63) is 53.9 Å². The quantitative estimate of drug-likeness (QED) is 0.637. The predicted octanol–water partition coefficient (Wildman–Crippen LogP) is 3.48. The molecule has 2 aromatic heterocycles. The Morgan fingerprint density at radius 1 is 1.23 bits per heavy atom. The van der Waals surface area contributed by atoms with E-state index in [9.17, 15) is 4.79 Å². The molecule has 8 nitrogen and oxygen atoms in total. The Hall–Kier alpha value is -3.42. The molecule has 160 valence electrons. The molecule has 0 bridgehead atoms. The van der Waals surface area contributed by atoms with Gasteiger partial charge in [-0.05, 0) is 19.4 Å². The lowest BCUT2D eigenvalue weighted by atomic mass is 10.0. The number of nitrogens with one attached hydrogen (secondary N) is 1. The largest absolute Gasteiger partial charge is 0.472 e. The van der Waals surface area contributed by atoms with Gasteiger partial charge in [-0.1, -0.05) is 30.3 Å². The summed E-state index contributed by atoms with van der Waals surface area (Å²) in [4.78, 5) is 21.4. The number of aromatic nitrogens is 3. The van der Waals surface area contributed by atoms with Gasteiger partial charge in [0.15, 0.2) is 5.65 Å². The molecule has 2 aliphatic rings. The molecule has 3 aromatic rings. The average Bonchev–Trinajstić information content (AvgIpc) is 3.38. The summed E-state index contributed by atoms with van der Waals surface area (Å²) in [5, 5.41) is 8.91. The summed E-state index contributed by atoms with van der Waals surface area (Å²) in [5.41, 5.74) is 3.54. The van der Waals surface area contributed by atoms with Gasteiger partial charge in [-0.15, -0.1) is 0 Å². The second-order valence-corrected chi connectivity index (χ2v) is 7.91. The van der Waals surface area contributed by atoms with Crippen LogP contribution in [0, 0.1) is 0 Å². The van der Waals surface area contributed by atoms with Crippen LogP contribution in [-0.2, 0) is 20.8 Å². The first kappa shape index (κ1) is 19.5. The zero-order chi connectivity index (χ0) is 21.4. The van der Waals surface area contributed by atoms with E-state index in [0.29, 0.717) is 18.9 Å². The van der Waals surface area contributed by atoms with Gasteiger partial charge in [0.1, 0.15) is 12.1 Å². The fourth-order valence-corrected chi connectivity index (χ4v) is 4.21. The van der Waals surface area contributed by atoms with Crippen LogP contribution < -0.4 is 5.32 Å². The summed E-state index contributed by atoms with van der Waals surface area (Å²) in [7, 11) is 0. The van der Waals surface area contributed by atoms with Gasteiger partial charge < -0.3 is 14.8 Å². The van der Waals surface area contributed by atoms with Crippen LogP contribution in [0.3, 0.4) is 0 Å². The van der Waals surface area contributed by atoms with Gasteiger partial charge in [-0.3, -0.25) is 4.79 Å². The van der Waals surface area contributed by atoms with Crippen molar-refractivity contribution in [3.8, 4) is 0 Å². The number of carbonyl (C=O) groups is 1. The van der Waals surface area contributed by atoms with E-state index >= 15 is 0 Å². The Balaban J connectivity index is 1.57. The van der Waals surface area contributed by atoms with E-state index in [1.54, 1.807) is 6.20 Å². The first-order chi connectivity index (χ1) is 15.1. The molecule has 1 fully saturated rings. The monoisotopic (exact) mass is 419 g/mol. The minimum absolute atomic E-state index is 0.0278. The number of rotatable bonds is 5. The van der Waals surface area contributed by atoms with Crippen molar-refractivity contribution in [2.45, 2.75) is 51.4 Å². The first-order valence-electron chi connectivity index (χ1n) is 10.7. The number of aliphatic imine (C=N–C) groups is 1. The molecule has 1 aromatic carbocycles. The highest BCUT2D eigenvalue weighted by Gasteiger charge is 2.32. The smallest absolute Gasteiger partial charge is 0.307 e. The Labute approximate surface area is 180 Å². The highest BCUT2D eigenvalue weighted by atomic mass is 16.5. The molecule has 31 heavy (non-hydrogen) atoms. The van der Waals surface area contributed by atoms with E-state index in [-0.39, 0.29) is 24.2 Å². The van der Waals surface area contributed by atoms with Gasteiger partial charge in [-0.25, -0.2) is 14.7 Å². The number of nitrogens with zero attached hydrogens (tertiary/aromatic N) is 4. The van der Waals surface area contributed by atoms with Crippen molar-refractivity contribution < 1.29 is 14.3 Å². The Kier molecular flexibility index (Phi) is 5.05. The fraction of sp³-hybridized carbons (Fsp3) is 0.391. The third kappa shape index (κ3) is 3.62. The minimum Gasteiger partial charge on any atom is -0.472 e. The van der Waals surface area contributed by atoms with E-state index in [2.05, 4.69) is 27.5 Å². The van der Waals surface area contributed by atoms with E-state index in [4.69, 9.17) is 14.5 Å². The van der Waals surface area contributed by atoms with Crippen LogP contribution in [0.25, 0.3) is 11.0 Å². The maximum absolute atomic E-state index is 11.8. The molecule has 0 radical (unpaired) electrons. The maximum atomic E-state index is 11.8. The number of fused-ring (bicyclic) bond motifs is 1. The average molecular weight is 419 g/mol. The standard InChI is InChI=1S/C23H25N5O3/c1-3-28-22-17(13-25-28)21(26-16-9-10-30-19(29)11-16)18(12-24-22)23-27-20(14(2)31-23)15-7-5-4-6-8-15/h4-8,12-14,16,20H,3,9-11H2,1-2H3,(H,24,26)/t14-,16?,20-/m1/s1. The van der Waals surface area contributed by atoms with Crippen LogP contribution in [-0.4, -0.2) is 45.4 Å². The van der Waals surface area contributed by atoms with Crippen molar-refractivity contribution in [2.24, 2.45) is 4.99 Å². The van der Waals surface area contributed by atoms with Gasteiger partial charge in [0.05, 0.1) is 35.9 Å². The molecule has 1 unspecified atom stereocenters. The van der Waals surface area contributed by atoms with Crippen LogP contribution in [0.15, 0.2) is 47.7 Å². The van der Waals surface area contributed by atoms with Gasteiger partial charge in [0.2, 0.25) is 5.90 Å². The van der Waals surface area contributed by atoms with Gasteiger partial charge in [0.25, 0.3) is 0 Å². The van der Waals surface area contributed by atoms with Gasteiger partial charge >= 0.3 is 5.97 Å². The third-order valence-electron chi connectivity index (χ3n) is 5.83. The second kappa shape index (κ2) is 8.02. The maximum Gasteiger partial charge on any atom is 0.307 e. The lowest BCUT2D eigenvalue weighted by molar-refractivity contribution is -0.147. The summed E-state index contributed by atoms with van der Waals surface area (Å²) in [6.07, 6.45) is 4.57. The van der Waals surface area contributed by atoms with E-state index in [1.807, 2.05) is 42.9 Å². The van der Waals surface area contributed by atoms with E-state index in [0.717, 1.165) is 40.8 Å². The number of pyridine rings is 1. The van der Waals surface area contributed by atoms with Crippen molar-refractivity contribution in [2.75, 3.05) is 11.9 Å². The van der Waals surface area contributed by atoms with Gasteiger partial charge in [-0.2, -0.15) is 5.10 Å². The minimum atomic E-state index is -0.188. The molecule has 8 heteroatoms. The predicted molar refractivity (Wildman–Crippen MR) is 117 cm³/mol. The topological polar surface area (TPSA) is 90.6 Å². The highest BCUT2D eigenvalue weighted by Crippen LogP contribution is 2.35.